The van der Waals surface area contributed by atoms with Gasteiger partial charge in [-0.1, -0.05) is 87.0 Å². The number of nitrogens with zero attached hydrogens (tertiary/aromatic N) is 2. The molecule has 490 valence electrons. The van der Waals surface area contributed by atoms with Crippen LogP contribution in [0.15, 0.2) is 0 Å². The Bertz CT molecular complexity index is 2300. The minimum atomic E-state index is -1.62. The van der Waals surface area contributed by atoms with Crippen molar-refractivity contribution in [2.45, 2.75) is 278 Å². The number of hydrogen-bond donors (Lipinski definition) is 9. The van der Waals surface area contributed by atoms with Crippen LogP contribution in [0.2, 0.25) is 0 Å². The molecule has 9 N–H and O–H groups in total. The fourth-order valence-corrected chi connectivity index (χ4v) is 13.8. The molecule has 21 nitrogen and oxygen atoms in total. The number of hydrogen-bond acceptors (Lipinski definition) is 11. The molecule has 4 aliphatic carbocycles. The van der Waals surface area contributed by atoms with Crippen LogP contribution in [0.3, 0.4) is 0 Å². The number of nitrogens with one attached hydrogen (secondary N) is 9. The molecule has 10 amide bonds. The van der Waals surface area contributed by atoms with Crippen molar-refractivity contribution in [1.82, 2.24) is 57.7 Å². The Kier molecular flexibility index (Phi) is 27.9. The Morgan fingerprint density at radius 2 is 1.01 bits per heavy atom. The summed E-state index contributed by atoms with van der Waals surface area (Å²) in [6.07, 6.45) is 15.5. The molecule has 4 saturated carbocycles. The van der Waals surface area contributed by atoms with Crippen molar-refractivity contribution in [2.24, 2.45) is 40.9 Å². The van der Waals surface area contributed by atoms with Crippen molar-refractivity contribution < 1.29 is 47.9 Å². The maximum absolute atomic E-state index is 14.5. The van der Waals surface area contributed by atoms with E-state index in [1.807, 2.05) is 67.5 Å². The van der Waals surface area contributed by atoms with Crippen LogP contribution < -0.4 is 47.9 Å². The van der Waals surface area contributed by atoms with E-state index in [9.17, 15) is 47.9 Å². The largest absolute Gasteiger partial charge is 0.354 e. The van der Waals surface area contributed by atoms with E-state index in [-0.39, 0.29) is 79.2 Å². The number of unbranched alkanes of at least 4 members (excludes halogenated alkanes) is 5. The molecular weight excluding hydrogens is 1090 g/mol. The highest BCUT2D eigenvalue weighted by Gasteiger charge is 2.53. The van der Waals surface area contributed by atoms with Crippen molar-refractivity contribution in [2.75, 3.05) is 33.7 Å². The van der Waals surface area contributed by atoms with Crippen molar-refractivity contribution >= 4 is 59.1 Å². The van der Waals surface area contributed by atoms with Crippen LogP contribution in [-0.2, 0) is 47.9 Å². The highest BCUT2D eigenvalue weighted by atomic mass is 16.2. The van der Waals surface area contributed by atoms with Crippen LogP contribution in [0.25, 0.3) is 0 Å². The fourth-order valence-electron chi connectivity index (χ4n) is 13.8. The van der Waals surface area contributed by atoms with Crippen molar-refractivity contribution in [3.63, 3.8) is 0 Å². The van der Waals surface area contributed by atoms with Gasteiger partial charge in [0.1, 0.15) is 46.8 Å². The first kappa shape index (κ1) is 73.1. The quantitative estimate of drug-likeness (QED) is 0.0345. The van der Waals surface area contributed by atoms with Crippen LogP contribution in [0.4, 0.5) is 0 Å². The van der Waals surface area contributed by atoms with Crippen molar-refractivity contribution in [3.8, 4) is 0 Å². The van der Waals surface area contributed by atoms with E-state index in [0.29, 0.717) is 62.9 Å². The maximum Gasteiger partial charge on any atom is 0.246 e. The van der Waals surface area contributed by atoms with Gasteiger partial charge in [0.25, 0.3) is 0 Å². The number of likely N-dealkylation sites (N-methyl/N-ethyl adjacent to an activating group) is 1. The Morgan fingerprint density at radius 3 is 1.51 bits per heavy atom. The Morgan fingerprint density at radius 1 is 0.547 bits per heavy atom. The smallest absolute Gasteiger partial charge is 0.246 e. The molecule has 6 atom stereocenters. The van der Waals surface area contributed by atoms with Crippen LogP contribution >= 0.6 is 0 Å². The number of carbonyl (C=O) groups excluding carboxylic acids is 10. The molecule has 0 aromatic carbocycles. The third-order valence-corrected chi connectivity index (χ3v) is 17.7. The second-order valence-corrected chi connectivity index (χ2v) is 29.5. The van der Waals surface area contributed by atoms with Crippen molar-refractivity contribution in [1.29, 1.82) is 0 Å². The van der Waals surface area contributed by atoms with Gasteiger partial charge in [0, 0.05) is 38.5 Å². The van der Waals surface area contributed by atoms with E-state index in [0.717, 1.165) is 51.4 Å². The van der Waals surface area contributed by atoms with Crippen LogP contribution in [-0.4, -0.2) is 155 Å². The molecule has 21 heteroatoms. The third kappa shape index (κ3) is 23.0. The summed E-state index contributed by atoms with van der Waals surface area (Å²) in [6, 6.07) is -5.16. The van der Waals surface area contributed by atoms with E-state index in [4.69, 9.17) is 0 Å². The van der Waals surface area contributed by atoms with E-state index in [2.05, 4.69) is 54.8 Å². The van der Waals surface area contributed by atoms with E-state index < -0.39 is 88.2 Å². The molecular formula is C65H115N11O10. The average molecular weight is 1210 g/mol. The lowest BCUT2D eigenvalue weighted by Crippen LogP contribution is -2.65. The number of amides is 10. The number of likely N-dealkylation sites (tertiary alicyclic amines) is 1. The summed E-state index contributed by atoms with van der Waals surface area (Å²) in [5.41, 5.74) is -4.62. The SMILES string of the molecule is CCCCCCCCC(NC(=O)[C@@H]1CCCN1C(=O)CC12CC3CC(CC(C3)C1)C2)C(=O)NC(CC(C)C)C(=O)NC(C)(C)C(=O)NC(CC(C)C)C(=O)NC(CC(C)C)C(=O)NC(C)(C)C(=O)NC(C)(C)C(=O)NCCC(=O)NC(C)CN(C)C. The normalized spacial score (nSPS) is 21.9. The van der Waals surface area contributed by atoms with E-state index in [1.165, 1.54) is 60.8 Å². The summed E-state index contributed by atoms with van der Waals surface area (Å²) in [4.78, 5) is 143. The molecule has 1 heterocycles. The molecule has 5 rings (SSSR count). The molecule has 0 aromatic rings. The fraction of sp³-hybridized carbons (Fsp3) is 0.846. The lowest BCUT2D eigenvalue weighted by atomic mass is 9.49. The molecule has 0 radical (unpaired) electrons. The topological polar surface area (TPSA) is 285 Å². The van der Waals surface area contributed by atoms with Gasteiger partial charge >= 0.3 is 0 Å². The molecule has 5 fully saturated rings. The van der Waals surface area contributed by atoms with E-state index >= 15 is 0 Å². The number of rotatable bonds is 36. The minimum Gasteiger partial charge on any atom is -0.354 e. The lowest BCUT2D eigenvalue weighted by molar-refractivity contribution is -0.145. The van der Waals surface area contributed by atoms with Gasteiger partial charge in [0.2, 0.25) is 59.1 Å². The summed E-state index contributed by atoms with van der Waals surface area (Å²) in [7, 11) is 3.80. The first-order chi connectivity index (χ1) is 40.0. The first-order valence-corrected chi connectivity index (χ1v) is 32.8. The molecule has 1 aliphatic heterocycles. The Balaban J connectivity index is 1.41. The van der Waals surface area contributed by atoms with Gasteiger partial charge < -0.3 is 57.7 Å². The van der Waals surface area contributed by atoms with Gasteiger partial charge in [-0.2, -0.15) is 0 Å². The first-order valence-electron chi connectivity index (χ1n) is 32.8. The standard InChI is InChI=1S/C65H115N11O10/c1-17-18-19-20-21-22-24-47(68-58(83)51-25-23-28-76(51)53(78)38-65-35-44-32-45(36-65)34-46(33-44)37-65)54(79)69-49(30-41(4)5)56(81)72-63(11,12)60(85)71-48(29-40(2)3)55(80)70-50(31-42(6)7)57(82)73-64(13,14)61(86)74-62(9,10)59(84)66-27-26-52(77)67-43(8)39-75(15)16/h40-51H,17-39H2,1-16H3,(H,66,84)(H,67,77)(H,68,83)(H,69,79)(H,70,80)(H,71,85)(H,72,81)(H,73,82)(H,74,86)/t43?,44?,45?,46?,47?,48?,49?,50?,51-,65?/m0/s1. The lowest BCUT2D eigenvalue weighted by Gasteiger charge is -2.57. The highest BCUT2D eigenvalue weighted by molar-refractivity contribution is 6.00. The van der Waals surface area contributed by atoms with Gasteiger partial charge in [-0.05, 0) is 181 Å². The van der Waals surface area contributed by atoms with Crippen molar-refractivity contribution in [3.05, 3.63) is 0 Å². The van der Waals surface area contributed by atoms with Crippen LogP contribution in [0.5, 0.6) is 0 Å². The van der Waals surface area contributed by atoms with Gasteiger partial charge in [-0.25, -0.2) is 0 Å². The van der Waals surface area contributed by atoms with Gasteiger partial charge in [0.15, 0.2) is 0 Å². The summed E-state index contributed by atoms with van der Waals surface area (Å²) in [5.74, 6) is -3.15. The molecule has 86 heavy (non-hydrogen) atoms. The van der Waals surface area contributed by atoms with Crippen LogP contribution in [0, 0.1) is 40.9 Å². The Labute approximate surface area is 515 Å². The maximum atomic E-state index is 14.5. The van der Waals surface area contributed by atoms with Gasteiger partial charge in [-0.3, -0.25) is 47.9 Å². The van der Waals surface area contributed by atoms with Crippen LogP contribution in [0.1, 0.15) is 225 Å². The zero-order valence-corrected chi connectivity index (χ0v) is 55.7. The zero-order valence-electron chi connectivity index (χ0n) is 55.7. The average Bonchev–Trinajstić information content (AvgIpc) is 0.871. The van der Waals surface area contributed by atoms with Gasteiger partial charge in [-0.15, -0.1) is 0 Å². The minimum absolute atomic E-state index is 0.0262. The summed E-state index contributed by atoms with van der Waals surface area (Å²) < 4.78 is 0. The Hall–Kier alpha value is -5.34. The highest BCUT2D eigenvalue weighted by Crippen LogP contribution is 2.61. The summed E-state index contributed by atoms with van der Waals surface area (Å²) in [5, 5.41) is 25.5. The molecule has 5 aliphatic rings. The second-order valence-electron chi connectivity index (χ2n) is 29.5. The summed E-state index contributed by atoms with van der Waals surface area (Å²) in [6.45, 7) is 25.5. The summed E-state index contributed by atoms with van der Waals surface area (Å²) >= 11 is 0. The molecule has 0 spiro atoms. The zero-order chi connectivity index (χ0) is 64.5. The molecule has 4 bridgehead atoms. The van der Waals surface area contributed by atoms with Gasteiger partial charge in [0.05, 0.1) is 0 Å². The van der Waals surface area contributed by atoms with E-state index in [1.54, 1.807) is 4.90 Å². The predicted molar refractivity (Wildman–Crippen MR) is 334 cm³/mol. The predicted octanol–water partition coefficient (Wildman–Crippen LogP) is 5.67. The second kappa shape index (κ2) is 32.8. The third-order valence-electron chi connectivity index (χ3n) is 17.7. The molecule has 0 aromatic heterocycles. The number of carbonyl (C=O) groups is 10. The molecule has 5 unspecified atom stereocenters. The monoisotopic (exact) mass is 1210 g/mol. The molecule has 1 saturated heterocycles.